The highest BCUT2D eigenvalue weighted by Gasteiger charge is 2.32. The second-order valence-electron chi connectivity index (χ2n) is 5.81. The third kappa shape index (κ3) is 5.09. The van der Waals surface area contributed by atoms with Crippen LogP contribution in [0.25, 0.3) is 11.3 Å². The third-order valence-electron chi connectivity index (χ3n) is 3.59. The van der Waals surface area contributed by atoms with Crippen molar-refractivity contribution in [3.63, 3.8) is 0 Å². The smallest absolute Gasteiger partial charge is 0.301 e. The van der Waals surface area contributed by atoms with E-state index in [0.717, 1.165) is 18.7 Å². The molecule has 0 spiro atoms. The van der Waals surface area contributed by atoms with Gasteiger partial charge in [0.1, 0.15) is 16.6 Å². The Labute approximate surface area is 147 Å². The molecule has 2 rings (SSSR count). The van der Waals surface area contributed by atoms with Crippen molar-refractivity contribution in [1.29, 1.82) is 0 Å². The van der Waals surface area contributed by atoms with Gasteiger partial charge in [0, 0.05) is 17.0 Å². The zero-order valence-corrected chi connectivity index (χ0v) is 14.9. The van der Waals surface area contributed by atoms with Crippen LogP contribution < -0.4 is 0 Å². The highest BCUT2D eigenvalue weighted by molar-refractivity contribution is 7.12. The molecule has 25 heavy (non-hydrogen) atoms. The Bertz CT molecular complexity index is 770. The lowest BCUT2D eigenvalue weighted by Crippen LogP contribution is -2.16. The van der Waals surface area contributed by atoms with Crippen LogP contribution in [0.2, 0.25) is 0 Å². The summed E-state index contributed by atoms with van der Waals surface area (Å²) in [6.07, 6.45) is -4.54. The molecule has 0 aliphatic carbocycles. The van der Waals surface area contributed by atoms with E-state index in [9.17, 15) is 22.4 Å². The summed E-state index contributed by atoms with van der Waals surface area (Å²) in [4.78, 5) is 18.3. The number of ketones is 1. The molecule has 3 nitrogen and oxygen atoms in total. The van der Waals surface area contributed by atoms with E-state index < -0.39 is 17.6 Å². The molecule has 0 amide bonds. The number of hydrogen-bond acceptors (Lipinski definition) is 4. The first-order valence-electron chi connectivity index (χ1n) is 7.65. The minimum Gasteiger partial charge on any atom is -0.301 e. The summed E-state index contributed by atoms with van der Waals surface area (Å²) in [5, 5.41) is 0.514. The van der Waals surface area contributed by atoms with Gasteiger partial charge in [0.25, 0.3) is 0 Å². The summed E-state index contributed by atoms with van der Waals surface area (Å²) < 4.78 is 52.6. The molecule has 8 heteroatoms. The zero-order valence-electron chi connectivity index (χ0n) is 14.1. The molecule has 1 heterocycles. The van der Waals surface area contributed by atoms with E-state index in [0.29, 0.717) is 28.2 Å². The van der Waals surface area contributed by atoms with Crippen molar-refractivity contribution in [1.82, 2.24) is 9.88 Å². The van der Waals surface area contributed by atoms with E-state index in [1.165, 1.54) is 18.3 Å². The first-order valence-corrected chi connectivity index (χ1v) is 8.46. The summed E-state index contributed by atoms with van der Waals surface area (Å²) in [7, 11) is 1.86. The van der Waals surface area contributed by atoms with Crippen molar-refractivity contribution < 1.29 is 22.4 Å². The first kappa shape index (κ1) is 19.5. The maximum atomic E-state index is 13.7. The topological polar surface area (TPSA) is 33.2 Å². The quantitative estimate of drug-likeness (QED) is 0.696. The molecule has 1 aromatic heterocycles. The van der Waals surface area contributed by atoms with Gasteiger partial charge >= 0.3 is 6.18 Å². The van der Waals surface area contributed by atoms with Crippen molar-refractivity contribution in [3.8, 4) is 11.3 Å². The van der Waals surface area contributed by atoms with Crippen LogP contribution in [0.1, 0.15) is 29.3 Å². The molecule has 0 aliphatic rings. The lowest BCUT2D eigenvalue weighted by molar-refractivity contribution is -0.137. The average molecular weight is 374 g/mol. The van der Waals surface area contributed by atoms with Crippen molar-refractivity contribution in [2.75, 3.05) is 13.6 Å². The van der Waals surface area contributed by atoms with E-state index in [1.807, 2.05) is 18.9 Å². The van der Waals surface area contributed by atoms with Gasteiger partial charge in [0.05, 0.1) is 17.7 Å². The van der Waals surface area contributed by atoms with Crippen molar-refractivity contribution in [3.05, 3.63) is 39.5 Å². The SMILES string of the molecule is CCN(C)Cc1sc(CC(C)=O)nc1-c1cc(F)cc(C(F)(F)F)c1. The van der Waals surface area contributed by atoms with Gasteiger partial charge < -0.3 is 4.90 Å². The van der Waals surface area contributed by atoms with Crippen molar-refractivity contribution in [2.45, 2.75) is 33.0 Å². The second-order valence-corrected chi connectivity index (χ2v) is 6.98. The third-order valence-corrected chi connectivity index (χ3v) is 4.63. The summed E-state index contributed by atoms with van der Waals surface area (Å²) >= 11 is 1.27. The van der Waals surface area contributed by atoms with Gasteiger partial charge in [0.15, 0.2) is 0 Å². The first-order chi connectivity index (χ1) is 11.6. The standard InChI is InChI=1S/C17H18F4N2OS/c1-4-23(3)9-14-16(22-15(25-14)5-10(2)24)11-6-12(17(19,20)21)8-13(18)7-11/h6-8H,4-5,9H2,1-3H3. The molecular formula is C17H18F4N2OS. The number of benzene rings is 1. The van der Waals surface area contributed by atoms with Crippen LogP contribution in [0.3, 0.4) is 0 Å². The molecule has 1 aromatic carbocycles. The predicted octanol–water partition coefficient (Wildman–Crippen LogP) is 4.55. The van der Waals surface area contributed by atoms with Gasteiger partial charge in [-0.3, -0.25) is 4.79 Å². The van der Waals surface area contributed by atoms with Crippen molar-refractivity contribution in [2.24, 2.45) is 0 Å². The molecule has 136 valence electrons. The fourth-order valence-electron chi connectivity index (χ4n) is 2.27. The number of carbonyl (C=O) groups excluding carboxylic acids is 1. The largest absolute Gasteiger partial charge is 0.416 e. The predicted molar refractivity (Wildman–Crippen MR) is 88.9 cm³/mol. The van der Waals surface area contributed by atoms with Gasteiger partial charge in [-0.15, -0.1) is 11.3 Å². The highest BCUT2D eigenvalue weighted by Crippen LogP contribution is 2.35. The van der Waals surface area contributed by atoms with Crippen molar-refractivity contribution >= 4 is 17.1 Å². The lowest BCUT2D eigenvalue weighted by Gasteiger charge is -2.14. The number of alkyl halides is 3. The van der Waals surface area contributed by atoms with E-state index >= 15 is 0 Å². The summed E-state index contributed by atoms with van der Waals surface area (Å²) in [5.74, 6) is -1.06. The van der Waals surface area contributed by atoms with Crippen LogP contribution in [0.15, 0.2) is 18.2 Å². The summed E-state index contributed by atoms with van der Waals surface area (Å²) in [6.45, 7) is 4.56. The van der Waals surface area contributed by atoms with Crippen LogP contribution in [-0.4, -0.2) is 29.3 Å². The van der Waals surface area contributed by atoms with Gasteiger partial charge in [-0.1, -0.05) is 6.92 Å². The normalized spacial score (nSPS) is 12.0. The molecule has 2 aromatic rings. The van der Waals surface area contributed by atoms with Gasteiger partial charge in [0.2, 0.25) is 0 Å². The number of nitrogens with zero attached hydrogens (tertiary/aromatic N) is 2. The Balaban J connectivity index is 2.54. The zero-order chi connectivity index (χ0) is 18.8. The van der Waals surface area contributed by atoms with E-state index in [4.69, 9.17) is 0 Å². The summed E-state index contributed by atoms with van der Waals surface area (Å²) in [5.41, 5.74) is -0.692. The highest BCUT2D eigenvalue weighted by atomic mass is 32.1. The molecule has 0 atom stereocenters. The maximum Gasteiger partial charge on any atom is 0.416 e. The van der Waals surface area contributed by atoms with Crippen LogP contribution in [-0.2, 0) is 23.9 Å². The summed E-state index contributed by atoms with van der Waals surface area (Å²) in [6, 6.07) is 2.40. The van der Waals surface area contributed by atoms with Crippen LogP contribution in [0.4, 0.5) is 17.6 Å². The minimum absolute atomic E-state index is 0.0675. The Morgan fingerprint density at radius 1 is 1.28 bits per heavy atom. The molecular weight excluding hydrogens is 356 g/mol. The monoisotopic (exact) mass is 374 g/mol. The molecule has 0 radical (unpaired) electrons. The molecule has 0 bridgehead atoms. The Hall–Kier alpha value is -1.80. The number of halogens is 4. The Morgan fingerprint density at radius 2 is 1.96 bits per heavy atom. The second kappa shape index (κ2) is 7.61. The van der Waals surface area contributed by atoms with Crippen LogP contribution in [0.5, 0.6) is 0 Å². The number of hydrogen-bond donors (Lipinski definition) is 0. The number of carbonyl (C=O) groups is 1. The van der Waals surface area contributed by atoms with E-state index in [1.54, 1.807) is 0 Å². The molecule has 0 saturated heterocycles. The van der Waals surface area contributed by atoms with E-state index in [-0.39, 0.29) is 17.8 Å². The maximum absolute atomic E-state index is 13.7. The van der Waals surface area contributed by atoms with Gasteiger partial charge in [-0.05, 0) is 38.7 Å². The molecule has 0 N–H and O–H groups in total. The number of thiazole rings is 1. The molecule has 0 fully saturated rings. The van der Waals surface area contributed by atoms with Crippen LogP contribution >= 0.6 is 11.3 Å². The van der Waals surface area contributed by atoms with Gasteiger partial charge in [-0.25, -0.2) is 9.37 Å². The lowest BCUT2D eigenvalue weighted by atomic mass is 10.1. The molecule has 0 saturated carbocycles. The Morgan fingerprint density at radius 3 is 2.52 bits per heavy atom. The van der Waals surface area contributed by atoms with Gasteiger partial charge in [-0.2, -0.15) is 13.2 Å². The Kier molecular flexibility index (Phi) is 5.95. The molecule has 0 aliphatic heterocycles. The fraction of sp³-hybridized carbons (Fsp3) is 0.412. The number of rotatable bonds is 6. The van der Waals surface area contributed by atoms with E-state index in [2.05, 4.69) is 4.98 Å². The number of aromatic nitrogens is 1. The van der Waals surface area contributed by atoms with Crippen LogP contribution in [0, 0.1) is 5.82 Å². The fourth-order valence-corrected chi connectivity index (χ4v) is 3.51. The minimum atomic E-state index is -4.64. The number of Topliss-reactive ketones (excluding diaryl/α,β-unsaturated/α-hetero) is 1. The molecule has 0 unspecified atom stereocenters. The average Bonchev–Trinajstić information content (AvgIpc) is 2.87.